The molecule has 6 aliphatic rings. The average Bonchev–Trinajstić information content (AvgIpc) is 3.97. The Morgan fingerprint density at radius 3 is 2.47 bits per heavy atom. The Morgan fingerprint density at radius 2 is 1.77 bits per heavy atom. The molecule has 3 saturated carbocycles. The van der Waals surface area contributed by atoms with Crippen LogP contribution in [-0.2, 0) is 14.9 Å². The summed E-state index contributed by atoms with van der Waals surface area (Å²) in [5, 5.41) is 5.65. The van der Waals surface area contributed by atoms with E-state index in [4.69, 9.17) is 19.7 Å². The van der Waals surface area contributed by atoms with Crippen LogP contribution in [0.4, 0.5) is 30.4 Å². The Balaban J connectivity index is 1.03. The van der Waals surface area contributed by atoms with Crippen LogP contribution in [0, 0.1) is 24.1 Å². The van der Waals surface area contributed by atoms with Crippen molar-refractivity contribution in [1.82, 2.24) is 29.7 Å². The highest BCUT2D eigenvalue weighted by Gasteiger charge is 2.77. The summed E-state index contributed by atoms with van der Waals surface area (Å²) in [4.78, 5) is 47.7. The summed E-state index contributed by atoms with van der Waals surface area (Å²) in [6.45, 7) is 11.2. The monoisotopic (exact) mass is 782 g/mol. The lowest BCUT2D eigenvalue weighted by Gasteiger charge is -2.40. The van der Waals surface area contributed by atoms with Crippen LogP contribution in [0.15, 0.2) is 36.8 Å². The fraction of sp³-hybridized carbons (Fsp3) is 0.558. The number of amides is 2. The molecule has 300 valence electrons. The van der Waals surface area contributed by atoms with Crippen LogP contribution in [0.1, 0.15) is 99.8 Å². The second-order valence-electron chi connectivity index (χ2n) is 18.0. The number of carbonyl (C=O) groups excluding carboxylic acids is 2. The van der Waals surface area contributed by atoms with E-state index in [2.05, 4.69) is 27.4 Å². The number of benzene rings is 1. The van der Waals surface area contributed by atoms with Gasteiger partial charge in [-0.15, -0.1) is 0 Å². The first-order valence-corrected chi connectivity index (χ1v) is 20.6. The zero-order chi connectivity index (χ0) is 39.6. The number of anilines is 3. The molecule has 4 atom stereocenters. The van der Waals surface area contributed by atoms with Gasteiger partial charge in [-0.1, -0.05) is 13.3 Å². The van der Waals surface area contributed by atoms with Crippen molar-refractivity contribution < 1.29 is 27.5 Å². The topological polar surface area (TPSA) is 118 Å². The van der Waals surface area contributed by atoms with Crippen LogP contribution < -0.4 is 15.5 Å². The first-order chi connectivity index (χ1) is 27.3. The first-order valence-electron chi connectivity index (χ1n) is 20.6. The normalized spacial score (nSPS) is 27.1. The summed E-state index contributed by atoms with van der Waals surface area (Å²) in [6.07, 6.45) is 7.03. The van der Waals surface area contributed by atoms with Crippen molar-refractivity contribution in [1.29, 1.82) is 0 Å². The van der Waals surface area contributed by atoms with Gasteiger partial charge in [-0.2, -0.15) is 0 Å². The first kappa shape index (κ1) is 36.8. The molecule has 1 aromatic carbocycles. The molecule has 2 saturated heterocycles. The number of imidazole rings is 1. The van der Waals surface area contributed by atoms with Gasteiger partial charge >= 0.3 is 0 Å². The molecule has 14 heteroatoms. The summed E-state index contributed by atoms with van der Waals surface area (Å²) >= 11 is 0. The van der Waals surface area contributed by atoms with Gasteiger partial charge in [-0.3, -0.25) is 19.5 Å². The van der Waals surface area contributed by atoms with Gasteiger partial charge in [0, 0.05) is 54.6 Å². The van der Waals surface area contributed by atoms with Crippen molar-refractivity contribution in [2.24, 2.45) is 11.3 Å². The highest BCUT2D eigenvalue weighted by atomic mass is 19.3. The molecule has 6 heterocycles. The number of ether oxygens (including phenoxy) is 1. The quantitative estimate of drug-likeness (QED) is 0.180. The van der Waals surface area contributed by atoms with E-state index < -0.39 is 29.1 Å². The number of fused-ring (bicyclic) bond motifs is 4. The number of alkyl halides is 2. The molecular weight excluding hydrogens is 734 g/mol. The number of pyridine rings is 2. The van der Waals surface area contributed by atoms with Crippen molar-refractivity contribution in [3.05, 3.63) is 59.4 Å². The lowest BCUT2D eigenvalue weighted by molar-refractivity contribution is -0.127. The van der Waals surface area contributed by atoms with E-state index in [-0.39, 0.29) is 47.5 Å². The number of hydrogen-bond acceptors (Lipinski definition) is 8. The summed E-state index contributed by atoms with van der Waals surface area (Å²) in [6, 6.07) is 7.07. The number of nitrogens with zero attached hydrogens (tertiary/aromatic N) is 6. The number of aromatic nitrogens is 4. The number of halogens is 3. The fourth-order valence-corrected chi connectivity index (χ4v) is 10.7. The molecule has 4 aromatic rings. The maximum Gasteiger partial charge on any atom is 0.261 e. The second-order valence-corrected chi connectivity index (χ2v) is 18.0. The number of aryl methyl sites for hydroxylation is 1. The lowest BCUT2D eigenvalue weighted by atomic mass is 9.77. The Hall–Kier alpha value is -4.56. The molecule has 11 nitrogen and oxygen atoms in total. The molecule has 2 amide bonds. The Kier molecular flexibility index (Phi) is 8.37. The van der Waals surface area contributed by atoms with Crippen molar-refractivity contribution >= 4 is 40.0 Å². The molecule has 5 fully saturated rings. The van der Waals surface area contributed by atoms with Crippen molar-refractivity contribution in [2.45, 2.75) is 115 Å². The van der Waals surface area contributed by atoms with Gasteiger partial charge < -0.3 is 24.8 Å². The second kappa shape index (κ2) is 13.0. The van der Waals surface area contributed by atoms with Crippen LogP contribution in [-0.4, -0.2) is 86.6 Å². The van der Waals surface area contributed by atoms with Gasteiger partial charge in [-0.25, -0.2) is 23.1 Å². The third-order valence-electron chi connectivity index (χ3n) is 14.2. The number of piperidine rings is 1. The molecule has 10 rings (SSSR count). The number of rotatable bonds is 9. The van der Waals surface area contributed by atoms with E-state index in [1.165, 1.54) is 31.4 Å². The van der Waals surface area contributed by atoms with Crippen molar-refractivity contribution in [3.63, 3.8) is 0 Å². The summed E-state index contributed by atoms with van der Waals surface area (Å²) in [5.41, 5.74) is 2.44. The minimum Gasteiger partial charge on any atom is -0.381 e. The predicted molar refractivity (Wildman–Crippen MR) is 209 cm³/mol. The maximum atomic E-state index is 15.8. The molecule has 0 bridgehead atoms. The molecule has 3 aromatic heterocycles. The van der Waals surface area contributed by atoms with Crippen LogP contribution in [0.5, 0.6) is 0 Å². The van der Waals surface area contributed by atoms with Gasteiger partial charge in [0.15, 0.2) is 5.82 Å². The van der Waals surface area contributed by atoms with Gasteiger partial charge in [0.1, 0.15) is 16.9 Å². The number of hydrogen-bond donors (Lipinski definition) is 2. The van der Waals surface area contributed by atoms with Gasteiger partial charge in [0.2, 0.25) is 5.91 Å². The van der Waals surface area contributed by atoms with E-state index in [1.54, 1.807) is 19.4 Å². The smallest absolute Gasteiger partial charge is 0.261 e. The summed E-state index contributed by atoms with van der Waals surface area (Å²) < 4.78 is 50.9. The third-order valence-corrected chi connectivity index (χ3v) is 14.2. The molecule has 2 unspecified atom stereocenters. The van der Waals surface area contributed by atoms with Crippen molar-refractivity contribution in [3.8, 4) is 11.3 Å². The van der Waals surface area contributed by atoms with Crippen LogP contribution in [0.25, 0.3) is 22.3 Å². The molecular formula is C43H49F3N8O3. The number of likely N-dealkylation sites (tertiary alicyclic amines) is 1. The molecule has 0 radical (unpaired) electrons. The standard InChI is InChI=1S/C43H49F3N8O3/c1-23(2)53-22-48-30-19-28(49-37(34(30)53)50-29-18-26(24(3)16-27(29)44)38(55)51-43(8-9-43)39(45)46)25-17-31-35(47-21-25)42(10-14-57-15-11-42)40(56)54(31)32-20-41(4)33(32)36(41)52-12-6-5-7-13-52/h16-19,21-23,32-33,36,39H,5-15,20H2,1-4H3,(H,49,50)(H,51,55)/t32-,33?,36?,41+/m1/s1. The van der Waals surface area contributed by atoms with Crippen LogP contribution in [0.2, 0.25) is 0 Å². The zero-order valence-electron chi connectivity index (χ0n) is 32.9. The summed E-state index contributed by atoms with van der Waals surface area (Å²) in [7, 11) is 0. The Morgan fingerprint density at radius 1 is 1.02 bits per heavy atom. The van der Waals surface area contributed by atoms with Crippen LogP contribution in [0.3, 0.4) is 0 Å². The van der Waals surface area contributed by atoms with Gasteiger partial charge in [-0.05, 0) is 114 Å². The largest absolute Gasteiger partial charge is 0.381 e. The average molecular weight is 783 g/mol. The molecule has 3 aliphatic carbocycles. The van der Waals surface area contributed by atoms with E-state index in [0.717, 1.165) is 30.9 Å². The molecule has 3 aliphatic heterocycles. The van der Waals surface area contributed by atoms with Crippen molar-refractivity contribution in [2.75, 3.05) is 36.5 Å². The molecule has 1 spiro atoms. The Bertz CT molecular complexity index is 2310. The minimum atomic E-state index is -2.70. The predicted octanol–water partition coefficient (Wildman–Crippen LogP) is 7.45. The lowest BCUT2D eigenvalue weighted by Crippen LogP contribution is -2.52. The molecule has 57 heavy (non-hydrogen) atoms. The molecule has 2 N–H and O–H groups in total. The highest BCUT2D eigenvalue weighted by Crippen LogP contribution is 2.72. The maximum absolute atomic E-state index is 15.8. The Labute approximate surface area is 329 Å². The SMILES string of the molecule is Cc1cc(F)c(Nc2nc(-c3cnc4c(c3)N([C@@H]3C[C@@]5(C)C3C5N3CCCCC3)C(=O)C43CCOCC3)cc3ncn(C(C)C)c23)cc1C(=O)NC1(C(F)F)CC1. The van der Waals surface area contributed by atoms with Gasteiger partial charge in [0.25, 0.3) is 12.3 Å². The van der Waals surface area contributed by atoms with Gasteiger partial charge in [0.05, 0.1) is 40.0 Å². The summed E-state index contributed by atoms with van der Waals surface area (Å²) in [5.74, 6) is -0.462. The van der Waals surface area contributed by atoms with E-state index in [1.807, 2.05) is 30.5 Å². The van der Waals surface area contributed by atoms with E-state index >= 15 is 4.39 Å². The van der Waals surface area contributed by atoms with E-state index in [0.29, 0.717) is 71.7 Å². The fourth-order valence-electron chi connectivity index (χ4n) is 10.7. The number of nitrogens with one attached hydrogen (secondary N) is 2. The van der Waals surface area contributed by atoms with E-state index in [9.17, 15) is 18.4 Å². The zero-order valence-corrected chi connectivity index (χ0v) is 32.9. The minimum absolute atomic E-state index is 0.0160. The highest BCUT2D eigenvalue weighted by molar-refractivity contribution is 6.09. The van der Waals surface area contributed by atoms with Crippen LogP contribution >= 0.6 is 0 Å². The third kappa shape index (κ3) is 5.56. The number of carbonyl (C=O) groups is 2.